The number of hydrogen-bond donors (Lipinski definition) is 2. The van der Waals surface area contributed by atoms with Crippen LogP contribution in [0, 0.1) is 0 Å². The van der Waals surface area contributed by atoms with Gasteiger partial charge in [0, 0.05) is 11.8 Å². The minimum absolute atomic E-state index is 0.199. The van der Waals surface area contributed by atoms with Gasteiger partial charge in [0.15, 0.2) is 5.65 Å². The zero-order valence-corrected chi connectivity index (χ0v) is 10.9. The van der Waals surface area contributed by atoms with E-state index in [1.807, 2.05) is 13.8 Å². The average molecular weight is 272 g/mol. The molecule has 8 nitrogen and oxygen atoms in total. The lowest BCUT2D eigenvalue weighted by Gasteiger charge is -2.08. The molecule has 0 aliphatic heterocycles. The van der Waals surface area contributed by atoms with E-state index < -0.39 is 11.2 Å². The standard InChI is InChI=1S/C12H12N6O2/c1-6(2)7-3-9(17-18-5-14-16-10(7)18)8-4-13-12(20)15-11(8)19/h3-6H,1-2H3,(H2,13,15,19,20). The maximum atomic E-state index is 11.8. The number of rotatable bonds is 2. The van der Waals surface area contributed by atoms with Crippen LogP contribution in [0.25, 0.3) is 16.9 Å². The molecule has 3 aromatic heterocycles. The van der Waals surface area contributed by atoms with Gasteiger partial charge < -0.3 is 4.98 Å². The minimum atomic E-state index is -0.548. The highest BCUT2D eigenvalue weighted by Crippen LogP contribution is 2.22. The van der Waals surface area contributed by atoms with Crippen LogP contribution in [-0.4, -0.2) is 29.8 Å². The third-order valence-corrected chi connectivity index (χ3v) is 3.01. The molecule has 3 heterocycles. The summed E-state index contributed by atoms with van der Waals surface area (Å²) in [6.45, 7) is 4.04. The van der Waals surface area contributed by atoms with Gasteiger partial charge in [-0.15, -0.1) is 10.2 Å². The van der Waals surface area contributed by atoms with E-state index >= 15 is 0 Å². The fourth-order valence-corrected chi connectivity index (χ4v) is 2.01. The molecule has 0 fully saturated rings. The van der Waals surface area contributed by atoms with Crippen LogP contribution in [0.15, 0.2) is 28.2 Å². The molecule has 20 heavy (non-hydrogen) atoms. The Morgan fingerprint density at radius 1 is 1.30 bits per heavy atom. The predicted molar refractivity (Wildman–Crippen MR) is 71.5 cm³/mol. The highest BCUT2D eigenvalue weighted by molar-refractivity contribution is 5.61. The van der Waals surface area contributed by atoms with Gasteiger partial charge in [-0.25, -0.2) is 4.79 Å². The Labute approximate surface area is 112 Å². The highest BCUT2D eigenvalue weighted by Gasteiger charge is 2.14. The Balaban J connectivity index is 2.31. The van der Waals surface area contributed by atoms with Crippen molar-refractivity contribution in [3.8, 4) is 11.3 Å². The van der Waals surface area contributed by atoms with Crippen molar-refractivity contribution in [2.45, 2.75) is 19.8 Å². The van der Waals surface area contributed by atoms with Gasteiger partial charge in [-0.2, -0.15) is 9.61 Å². The summed E-state index contributed by atoms with van der Waals surface area (Å²) in [7, 11) is 0. The van der Waals surface area contributed by atoms with E-state index in [2.05, 4.69) is 25.3 Å². The molecule has 0 saturated heterocycles. The molecule has 0 spiro atoms. The quantitative estimate of drug-likeness (QED) is 0.697. The van der Waals surface area contributed by atoms with Crippen molar-refractivity contribution >= 4 is 5.65 Å². The van der Waals surface area contributed by atoms with Gasteiger partial charge in [0.25, 0.3) is 5.56 Å². The molecule has 0 unspecified atom stereocenters. The van der Waals surface area contributed by atoms with E-state index in [1.54, 1.807) is 6.07 Å². The van der Waals surface area contributed by atoms with E-state index in [-0.39, 0.29) is 5.92 Å². The normalized spacial score (nSPS) is 11.3. The van der Waals surface area contributed by atoms with E-state index in [1.165, 1.54) is 17.0 Å². The molecule has 0 atom stereocenters. The Hall–Kier alpha value is -2.77. The summed E-state index contributed by atoms with van der Waals surface area (Å²) in [5, 5.41) is 12.1. The lowest BCUT2D eigenvalue weighted by atomic mass is 10.0. The number of hydrogen-bond acceptors (Lipinski definition) is 5. The van der Waals surface area contributed by atoms with Crippen LogP contribution in [0.4, 0.5) is 0 Å². The maximum absolute atomic E-state index is 11.8. The van der Waals surface area contributed by atoms with Gasteiger partial charge in [-0.1, -0.05) is 13.8 Å². The van der Waals surface area contributed by atoms with Gasteiger partial charge >= 0.3 is 5.69 Å². The molecule has 0 radical (unpaired) electrons. The lowest BCUT2D eigenvalue weighted by Crippen LogP contribution is -2.23. The summed E-state index contributed by atoms with van der Waals surface area (Å²) in [5.41, 5.74) is 1.31. The van der Waals surface area contributed by atoms with Crippen LogP contribution in [0.2, 0.25) is 0 Å². The molecule has 0 aliphatic carbocycles. The van der Waals surface area contributed by atoms with Crippen LogP contribution < -0.4 is 11.2 Å². The molecule has 102 valence electrons. The molecule has 0 amide bonds. The third-order valence-electron chi connectivity index (χ3n) is 3.01. The van der Waals surface area contributed by atoms with Crippen molar-refractivity contribution in [2.75, 3.05) is 0 Å². The van der Waals surface area contributed by atoms with E-state index in [4.69, 9.17) is 0 Å². The first-order valence-electron chi connectivity index (χ1n) is 6.09. The molecular weight excluding hydrogens is 260 g/mol. The molecule has 3 aromatic rings. The second-order valence-electron chi connectivity index (χ2n) is 4.72. The van der Waals surface area contributed by atoms with E-state index in [0.29, 0.717) is 16.9 Å². The van der Waals surface area contributed by atoms with Gasteiger partial charge in [-0.05, 0) is 12.0 Å². The fourth-order valence-electron chi connectivity index (χ4n) is 2.01. The summed E-state index contributed by atoms with van der Waals surface area (Å²) >= 11 is 0. The van der Waals surface area contributed by atoms with E-state index in [0.717, 1.165) is 5.56 Å². The Morgan fingerprint density at radius 2 is 2.10 bits per heavy atom. The topological polar surface area (TPSA) is 109 Å². The van der Waals surface area contributed by atoms with Gasteiger partial charge in [0.1, 0.15) is 6.33 Å². The first kappa shape index (κ1) is 12.3. The minimum Gasteiger partial charge on any atom is -0.313 e. The first-order chi connectivity index (χ1) is 9.56. The molecular formula is C12H12N6O2. The third kappa shape index (κ3) is 1.91. The van der Waals surface area contributed by atoms with Gasteiger partial charge in [0.05, 0.1) is 11.3 Å². The zero-order valence-electron chi connectivity index (χ0n) is 10.9. The largest absolute Gasteiger partial charge is 0.325 e. The molecule has 0 aromatic carbocycles. The molecule has 2 N–H and O–H groups in total. The van der Waals surface area contributed by atoms with Gasteiger partial charge in [-0.3, -0.25) is 9.78 Å². The SMILES string of the molecule is CC(C)c1cc(-c2c[nH]c(=O)[nH]c2=O)nn2cnnc12. The summed E-state index contributed by atoms with van der Waals surface area (Å²) in [6.07, 6.45) is 2.83. The Kier molecular flexibility index (Phi) is 2.70. The molecule has 8 heteroatoms. The zero-order chi connectivity index (χ0) is 14.3. The second-order valence-corrected chi connectivity index (χ2v) is 4.72. The van der Waals surface area contributed by atoms with Crippen LogP contribution in [0.5, 0.6) is 0 Å². The molecule has 0 saturated carbocycles. The number of H-pyrrole nitrogens is 2. The van der Waals surface area contributed by atoms with Crippen LogP contribution in [0.3, 0.4) is 0 Å². The number of aromatic nitrogens is 6. The monoisotopic (exact) mass is 272 g/mol. The fraction of sp³-hybridized carbons (Fsp3) is 0.250. The first-order valence-corrected chi connectivity index (χ1v) is 6.09. The average Bonchev–Trinajstić information content (AvgIpc) is 2.85. The van der Waals surface area contributed by atoms with Crippen molar-refractivity contribution < 1.29 is 0 Å². The molecule has 0 aliphatic rings. The number of aromatic amines is 2. The van der Waals surface area contributed by atoms with Crippen molar-refractivity contribution in [3.05, 3.63) is 45.0 Å². The van der Waals surface area contributed by atoms with Crippen LogP contribution in [0.1, 0.15) is 25.3 Å². The smallest absolute Gasteiger partial charge is 0.313 e. The predicted octanol–water partition coefficient (Wildman–Crippen LogP) is 0.291. The van der Waals surface area contributed by atoms with Crippen molar-refractivity contribution in [3.63, 3.8) is 0 Å². The van der Waals surface area contributed by atoms with Crippen LogP contribution >= 0.6 is 0 Å². The molecule has 3 rings (SSSR count). The van der Waals surface area contributed by atoms with Crippen molar-refractivity contribution in [2.24, 2.45) is 0 Å². The lowest BCUT2D eigenvalue weighted by molar-refractivity contribution is 0.837. The Bertz CT molecular complexity index is 889. The second kappa shape index (κ2) is 4.41. The van der Waals surface area contributed by atoms with Crippen LogP contribution in [-0.2, 0) is 0 Å². The summed E-state index contributed by atoms with van der Waals surface area (Å²) in [5.74, 6) is 0.199. The molecule has 0 bridgehead atoms. The van der Waals surface area contributed by atoms with E-state index in [9.17, 15) is 9.59 Å². The van der Waals surface area contributed by atoms with Gasteiger partial charge in [0.2, 0.25) is 0 Å². The number of nitrogens with one attached hydrogen (secondary N) is 2. The number of fused-ring (bicyclic) bond motifs is 1. The van der Waals surface area contributed by atoms with Crippen molar-refractivity contribution in [1.82, 2.24) is 29.8 Å². The summed E-state index contributed by atoms with van der Waals surface area (Å²) < 4.78 is 1.52. The summed E-state index contributed by atoms with van der Waals surface area (Å²) in [6, 6.07) is 1.79. The number of nitrogens with zero attached hydrogens (tertiary/aromatic N) is 4. The highest BCUT2D eigenvalue weighted by atomic mass is 16.2. The Morgan fingerprint density at radius 3 is 2.80 bits per heavy atom. The maximum Gasteiger partial charge on any atom is 0.325 e. The van der Waals surface area contributed by atoms with Crippen molar-refractivity contribution in [1.29, 1.82) is 0 Å². The summed E-state index contributed by atoms with van der Waals surface area (Å²) in [4.78, 5) is 27.5.